The molecule has 1 heteroatoms. The van der Waals surface area contributed by atoms with Gasteiger partial charge in [-0.1, -0.05) is 30.4 Å². The summed E-state index contributed by atoms with van der Waals surface area (Å²) in [6.07, 6.45) is 5.93. The maximum absolute atomic E-state index is 5.77. The molecule has 0 aromatic heterocycles. The molecule has 0 amide bonds. The lowest BCUT2D eigenvalue weighted by molar-refractivity contribution is 0.232. The van der Waals surface area contributed by atoms with Gasteiger partial charge in [-0.2, -0.15) is 0 Å². The molecule has 1 aromatic rings. The van der Waals surface area contributed by atoms with E-state index in [9.17, 15) is 0 Å². The molecular formula is C11H10O. The van der Waals surface area contributed by atoms with Crippen LogP contribution in [0, 0.1) is 0 Å². The van der Waals surface area contributed by atoms with Crippen molar-refractivity contribution in [2.24, 2.45) is 0 Å². The Morgan fingerprint density at radius 1 is 1.25 bits per heavy atom. The Morgan fingerprint density at radius 2 is 2.17 bits per heavy atom. The van der Waals surface area contributed by atoms with Crippen LogP contribution in [-0.2, 0) is 0 Å². The first-order chi connectivity index (χ1) is 5.95. The molecule has 0 saturated heterocycles. The van der Waals surface area contributed by atoms with Crippen molar-refractivity contribution in [2.75, 3.05) is 0 Å². The second kappa shape index (κ2) is 2.13. The second-order valence-corrected chi connectivity index (χ2v) is 3.38. The van der Waals surface area contributed by atoms with Crippen LogP contribution >= 0.6 is 0 Å². The lowest BCUT2D eigenvalue weighted by Crippen LogP contribution is -2.11. The minimum absolute atomic E-state index is 0.391. The Hall–Kier alpha value is -1.24. The fourth-order valence-corrected chi connectivity index (χ4v) is 2.08. The number of hydrogen-bond acceptors (Lipinski definition) is 1. The first-order valence-electron chi connectivity index (χ1n) is 4.37. The number of benzene rings is 1. The van der Waals surface area contributed by atoms with Gasteiger partial charge in [-0.25, -0.2) is 0 Å². The highest BCUT2D eigenvalue weighted by atomic mass is 16.5. The molecule has 2 aliphatic rings. The summed E-state index contributed by atoms with van der Waals surface area (Å²) in [5.74, 6) is 1.61. The smallest absolute Gasteiger partial charge is 0.123 e. The van der Waals surface area contributed by atoms with Gasteiger partial charge in [-0.3, -0.25) is 0 Å². The third-order valence-electron chi connectivity index (χ3n) is 2.67. The van der Waals surface area contributed by atoms with E-state index in [1.54, 1.807) is 0 Å². The van der Waals surface area contributed by atoms with Gasteiger partial charge in [0.05, 0.1) is 0 Å². The molecule has 1 aromatic carbocycles. The standard InChI is InChI=1S/C11H10O/c1-2-6-10-8(4-1)9-5-3-7-11(9)12-10/h1-6,9,11H,7H2/t9-,11-/m1/s1. The number of rotatable bonds is 0. The predicted molar refractivity (Wildman–Crippen MR) is 47.4 cm³/mol. The molecule has 0 spiro atoms. The van der Waals surface area contributed by atoms with Crippen LogP contribution in [0.3, 0.4) is 0 Å². The summed E-state index contributed by atoms with van der Waals surface area (Å²) in [4.78, 5) is 0. The Morgan fingerprint density at radius 3 is 3.17 bits per heavy atom. The van der Waals surface area contributed by atoms with E-state index in [-0.39, 0.29) is 0 Å². The van der Waals surface area contributed by atoms with Crippen LogP contribution in [0.2, 0.25) is 0 Å². The minimum Gasteiger partial charge on any atom is -0.489 e. The van der Waals surface area contributed by atoms with Crippen molar-refractivity contribution in [2.45, 2.75) is 18.4 Å². The fourth-order valence-electron chi connectivity index (χ4n) is 2.08. The van der Waals surface area contributed by atoms with Gasteiger partial charge < -0.3 is 4.74 Å². The first-order valence-corrected chi connectivity index (χ1v) is 4.37. The van der Waals surface area contributed by atoms with Crippen LogP contribution in [0.25, 0.3) is 0 Å². The van der Waals surface area contributed by atoms with E-state index in [0.717, 1.165) is 12.2 Å². The largest absolute Gasteiger partial charge is 0.489 e. The summed E-state index contributed by atoms with van der Waals surface area (Å²) in [5.41, 5.74) is 1.36. The second-order valence-electron chi connectivity index (χ2n) is 3.38. The molecule has 0 fully saturated rings. The van der Waals surface area contributed by atoms with E-state index >= 15 is 0 Å². The summed E-state index contributed by atoms with van der Waals surface area (Å²) < 4.78 is 5.77. The van der Waals surface area contributed by atoms with E-state index in [2.05, 4.69) is 30.4 Å². The van der Waals surface area contributed by atoms with Gasteiger partial charge in [0, 0.05) is 17.9 Å². The normalized spacial score (nSPS) is 29.7. The number of hydrogen-bond donors (Lipinski definition) is 0. The number of fused-ring (bicyclic) bond motifs is 3. The van der Waals surface area contributed by atoms with Gasteiger partial charge in [-0.15, -0.1) is 0 Å². The highest BCUT2D eigenvalue weighted by molar-refractivity contribution is 5.45. The summed E-state index contributed by atoms with van der Waals surface area (Å²) in [6, 6.07) is 8.33. The van der Waals surface area contributed by atoms with E-state index < -0.39 is 0 Å². The van der Waals surface area contributed by atoms with Crippen LogP contribution in [0.1, 0.15) is 17.9 Å². The van der Waals surface area contributed by atoms with Crippen molar-refractivity contribution in [1.82, 2.24) is 0 Å². The monoisotopic (exact) mass is 158 g/mol. The Bertz CT molecular complexity index is 341. The maximum atomic E-state index is 5.77. The van der Waals surface area contributed by atoms with Crippen molar-refractivity contribution >= 4 is 0 Å². The molecule has 0 bridgehead atoms. The van der Waals surface area contributed by atoms with Crippen molar-refractivity contribution < 1.29 is 4.74 Å². The highest BCUT2D eigenvalue weighted by Gasteiger charge is 2.34. The molecule has 3 rings (SSSR count). The zero-order valence-corrected chi connectivity index (χ0v) is 6.73. The molecule has 0 N–H and O–H groups in total. The first kappa shape index (κ1) is 6.30. The van der Waals surface area contributed by atoms with Gasteiger partial charge in [0.15, 0.2) is 0 Å². The summed E-state index contributed by atoms with van der Waals surface area (Å²) >= 11 is 0. The number of ether oxygens (including phenoxy) is 1. The lowest BCUT2D eigenvalue weighted by atomic mass is 9.99. The topological polar surface area (TPSA) is 9.23 Å². The Balaban J connectivity index is 2.14. The van der Waals surface area contributed by atoms with Gasteiger partial charge in [-0.05, 0) is 6.07 Å². The summed E-state index contributed by atoms with van der Waals surface area (Å²) in [5, 5.41) is 0. The summed E-state index contributed by atoms with van der Waals surface area (Å²) in [7, 11) is 0. The molecule has 60 valence electrons. The van der Waals surface area contributed by atoms with E-state index in [1.165, 1.54) is 5.56 Å². The molecule has 1 nitrogen and oxygen atoms in total. The van der Waals surface area contributed by atoms with Crippen LogP contribution in [0.15, 0.2) is 36.4 Å². The van der Waals surface area contributed by atoms with Crippen LogP contribution in [0.4, 0.5) is 0 Å². The highest BCUT2D eigenvalue weighted by Crippen LogP contribution is 2.42. The molecule has 0 radical (unpaired) electrons. The third-order valence-corrected chi connectivity index (χ3v) is 2.67. The van der Waals surface area contributed by atoms with Crippen LogP contribution in [0.5, 0.6) is 5.75 Å². The Kier molecular flexibility index (Phi) is 1.12. The molecule has 0 unspecified atom stereocenters. The Labute approximate surface area is 71.7 Å². The van der Waals surface area contributed by atoms with Crippen LogP contribution in [-0.4, -0.2) is 6.10 Å². The SMILES string of the molecule is C1=C[C@@H]2c3ccccc3O[C@@H]2C1. The molecule has 0 saturated carbocycles. The summed E-state index contributed by atoms with van der Waals surface area (Å²) in [6.45, 7) is 0. The zero-order valence-electron chi connectivity index (χ0n) is 6.73. The van der Waals surface area contributed by atoms with Gasteiger partial charge in [0.2, 0.25) is 0 Å². The lowest BCUT2D eigenvalue weighted by Gasteiger charge is -2.06. The zero-order chi connectivity index (χ0) is 7.97. The van der Waals surface area contributed by atoms with E-state index in [0.29, 0.717) is 12.0 Å². The molecule has 1 aliphatic carbocycles. The molecule has 1 aliphatic heterocycles. The van der Waals surface area contributed by atoms with E-state index in [1.807, 2.05) is 6.07 Å². The molecule has 12 heavy (non-hydrogen) atoms. The van der Waals surface area contributed by atoms with Crippen molar-refractivity contribution in [3.8, 4) is 5.75 Å². The average Bonchev–Trinajstić information content (AvgIpc) is 2.62. The van der Waals surface area contributed by atoms with Crippen molar-refractivity contribution in [3.05, 3.63) is 42.0 Å². The van der Waals surface area contributed by atoms with Gasteiger partial charge >= 0.3 is 0 Å². The average molecular weight is 158 g/mol. The quantitative estimate of drug-likeness (QED) is 0.527. The minimum atomic E-state index is 0.391. The van der Waals surface area contributed by atoms with Gasteiger partial charge in [0.1, 0.15) is 11.9 Å². The fraction of sp³-hybridized carbons (Fsp3) is 0.273. The maximum Gasteiger partial charge on any atom is 0.123 e. The van der Waals surface area contributed by atoms with Crippen molar-refractivity contribution in [3.63, 3.8) is 0 Å². The molecular weight excluding hydrogens is 148 g/mol. The molecule has 2 atom stereocenters. The van der Waals surface area contributed by atoms with E-state index in [4.69, 9.17) is 4.74 Å². The van der Waals surface area contributed by atoms with Gasteiger partial charge in [0.25, 0.3) is 0 Å². The number of para-hydroxylation sites is 1. The van der Waals surface area contributed by atoms with Crippen molar-refractivity contribution in [1.29, 1.82) is 0 Å². The predicted octanol–water partition coefficient (Wildman–Crippen LogP) is 2.49. The van der Waals surface area contributed by atoms with Crippen LogP contribution < -0.4 is 4.74 Å². The third kappa shape index (κ3) is 0.685. The molecule has 1 heterocycles.